The molecule has 0 saturated heterocycles. The second kappa shape index (κ2) is 12.8. The lowest BCUT2D eigenvalue weighted by atomic mass is 9.94. The Labute approximate surface area is 112 Å². The first-order chi connectivity index (χ1) is 8.74. The zero-order chi connectivity index (χ0) is 13.6. The highest BCUT2D eigenvalue weighted by Gasteiger charge is 2.09. The molecule has 0 saturated carbocycles. The van der Waals surface area contributed by atoms with Gasteiger partial charge in [0.2, 0.25) is 5.91 Å². The van der Waals surface area contributed by atoms with Gasteiger partial charge in [-0.3, -0.25) is 4.79 Å². The SMILES string of the molecule is CCCC(CCN)CCC(=O)NCCCCOC. The monoisotopic (exact) mass is 258 g/mol. The summed E-state index contributed by atoms with van der Waals surface area (Å²) in [5.41, 5.74) is 5.58. The molecule has 3 N–H and O–H groups in total. The number of carbonyl (C=O) groups excluding carboxylic acids is 1. The molecule has 1 unspecified atom stereocenters. The molecule has 1 amide bonds. The van der Waals surface area contributed by atoms with E-state index < -0.39 is 0 Å². The van der Waals surface area contributed by atoms with Crippen molar-refractivity contribution in [1.29, 1.82) is 0 Å². The first-order valence-corrected chi connectivity index (χ1v) is 7.20. The minimum Gasteiger partial charge on any atom is -0.385 e. The highest BCUT2D eigenvalue weighted by Crippen LogP contribution is 2.16. The maximum atomic E-state index is 11.6. The molecule has 108 valence electrons. The molecule has 4 nitrogen and oxygen atoms in total. The Kier molecular flexibility index (Phi) is 12.4. The summed E-state index contributed by atoms with van der Waals surface area (Å²) in [4.78, 5) is 11.6. The number of hydrogen-bond donors (Lipinski definition) is 2. The van der Waals surface area contributed by atoms with Crippen LogP contribution in [0.25, 0.3) is 0 Å². The standard InChI is InChI=1S/C14H30N2O2/c1-3-6-13(9-10-15)7-8-14(17)16-11-4-5-12-18-2/h13H,3-12,15H2,1-2H3,(H,16,17). The van der Waals surface area contributed by atoms with Gasteiger partial charge in [-0.15, -0.1) is 0 Å². The number of ether oxygens (including phenoxy) is 1. The van der Waals surface area contributed by atoms with Crippen molar-refractivity contribution >= 4 is 5.91 Å². The lowest BCUT2D eigenvalue weighted by molar-refractivity contribution is -0.121. The maximum Gasteiger partial charge on any atom is 0.220 e. The van der Waals surface area contributed by atoms with Crippen molar-refractivity contribution in [2.24, 2.45) is 11.7 Å². The van der Waals surface area contributed by atoms with Gasteiger partial charge in [0.1, 0.15) is 0 Å². The highest BCUT2D eigenvalue weighted by atomic mass is 16.5. The zero-order valence-corrected chi connectivity index (χ0v) is 12.0. The summed E-state index contributed by atoms with van der Waals surface area (Å²) in [6.07, 6.45) is 6.98. The minimum atomic E-state index is 0.172. The Morgan fingerprint density at radius 1 is 1.28 bits per heavy atom. The van der Waals surface area contributed by atoms with Crippen LogP contribution in [0.5, 0.6) is 0 Å². The molecule has 0 bridgehead atoms. The number of hydrogen-bond acceptors (Lipinski definition) is 3. The Morgan fingerprint density at radius 3 is 2.67 bits per heavy atom. The van der Waals surface area contributed by atoms with E-state index in [1.54, 1.807) is 7.11 Å². The fourth-order valence-electron chi connectivity index (χ4n) is 2.10. The van der Waals surface area contributed by atoms with Crippen molar-refractivity contribution in [3.8, 4) is 0 Å². The molecule has 18 heavy (non-hydrogen) atoms. The number of carbonyl (C=O) groups is 1. The second-order valence-corrected chi connectivity index (χ2v) is 4.82. The lowest BCUT2D eigenvalue weighted by Crippen LogP contribution is -2.25. The van der Waals surface area contributed by atoms with Crippen molar-refractivity contribution in [2.75, 3.05) is 26.8 Å². The summed E-state index contributed by atoms with van der Waals surface area (Å²) in [6.45, 7) is 4.44. The Bertz CT molecular complexity index is 192. The van der Waals surface area contributed by atoms with Crippen LogP contribution in [-0.4, -0.2) is 32.7 Å². The molecule has 0 aliphatic rings. The van der Waals surface area contributed by atoms with Crippen LogP contribution in [0.2, 0.25) is 0 Å². The molecule has 0 aromatic rings. The summed E-state index contributed by atoms with van der Waals surface area (Å²) in [5, 5.41) is 2.96. The van der Waals surface area contributed by atoms with E-state index >= 15 is 0 Å². The van der Waals surface area contributed by atoms with Crippen LogP contribution in [0.3, 0.4) is 0 Å². The molecule has 1 atom stereocenters. The van der Waals surface area contributed by atoms with Gasteiger partial charge in [0.05, 0.1) is 0 Å². The number of amides is 1. The summed E-state index contributed by atoms with van der Waals surface area (Å²) >= 11 is 0. The molecule has 0 aromatic carbocycles. The van der Waals surface area contributed by atoms with Gasteiger partial charge in [-0.05, 0) is 38.1 Å². The molecule has 4 heteroatoms. The molecule has 0 spiro atoms. The van der Waals surface area contributed by atoms with E-state index in [0.717, 1.165) is 45.4 Å². The maximum absolute atomic E-state index is 11.6. The van der Waals surface area contributed by atoms with Crippen molar-refractivity contribution in [3.05, 3.63) is 0 Å². The van der Waals surface area contributed by atoms with Crippen LogP contribution in [0, 0.1) is 5.92 Å². The average Bonchev–Trinajstić information content (AvgIpc) is 2.36. The first kappa shape index (κ1) is 17.4. The summed E-state index contributed by atoms with van der Waals surface area (Å²) < 4.78 is 4.96. The average molecular weight is 258 g/mol. The molecule has 0 heterocycles. The highest BCUT2D eigenvalue weighted by molar-refractivity contribution is 5.75. The van der Waals surface area contributed by atoms with Crippen LogP contribution in [0.4, 0.5) is 0 Å². The van der Waals surface area contributed by atoms with Crippen molar-refractivity contribution < 1.29 is 9.53 Å². The number of nitrogens with two attached hydrogens (primary N) is 1. The molecular weight excluding hydrogens is 228 g/mol. The third-order valence-electron chi connectivity index (χ3n) is 3.15. The molecule has 0 aliphatic heterocycles. The van der Waals surface area contributed by atoms with E-state index in [0.29, 0.717) is 12.3 Å². The van der Waals surface area contributed by atoms with Crippen molar-refractivity contribution in [1.82, 2.24) is 5.32 Å². The van der Waals surface area contributed by atoms with Crippen LogP contribution in [-0.2, 0) is 9.53 Å². The van der Waals surface area contributed by atoms with Gasteiger partial charge >= 0.3 is 0 Å². The van der Waals surface area contributed by atoms with Crippen molar-refractivity contribution in [2.45, 2.75) is 51.9 Å². The lowest BCUT2D eigenvalue weighted by Gasteiger charge is -2.14. The largest absolute Gasteiger partial charge is 0.385 e. The minimum absolute atomic E-state index is 0.172. The van der Waals surface area contributed by atoms with Gasteiger partial charge in [0.15, 0.2) is 0 Å². The van der Waals surface area contributed by atoms with Crippen molar-refractivity contribution in [3.63, 3.8) is 0 Å². The summed E-state index contributed by atoms with van der Waals surface area (Å²) in [6, 6.07) is 0. The van der Waals surface area contributed by atoms with Crippen LogP contribution >= 0.6 is 0 Å². The predicted molar refractivity (Wildman–Crippen MR) is 75.4 cm³/mol. The van der Waals surface area contributed by atoms with Crippen LogP contribution < -0.4 is 11.1 Å². The molecule has 0 fully saturated rings. The Balaban J connectivity index is 3.54. The van der Waals surface area contributed by atoms with Gasteiger partial charge in [0, 0.05) is 26.7 Å². The van der Waals surface area contributed by atoms with E-state index in [1.807, 2.05) is 0 Å². The van der Waals surface area contributed by atoms with E-state index in [4.69, 9.17) is 10.5 Å². The quantitative estimate of drug-likeness (QED) is 0.527. The normalized spacial score (nSPS) is 12.4. The molecule has 0 rings (SSSR count). The first-order valence-electron chi connectivity index (χ1n) is 7.20. The molecular formula is C14H30N2O2. The predicted octanol–water partition coefficient (Wildman–Crippen LogP) is 2.07. The van der Waals surface area contributed by atoms with Gasteiger partial charge < -0.3 is 15.8 Å². The Hall–Kier alpha value is -0.610. The fourth-order valence-corrected chi connectivity index (χ4v) is 2.10. The summed E-state index contributed by atoms with van der Waals surface area (Å²) in [7, 11) is 1.70. The van der Waals surface area contributed by atoms with E-state index in [9.17, 15) is 4.79 Å². The van der Waals surface area contributed by atoms with E-state index in [-0.39, 0.29) is 5.91 Å². The fraction of sp³-hybridized carbons (Fsp3) is 0.929. The second-order valence-electron chi connectivity index (χ2n) is 4.82. The molecule has 0 aliphatic carbocycles. The van der Waals surface area contributed by atoms with Gasteiger partial charge in [-0.1, -0.05) is 19.8 Å². The number of rotatable bonds is 12. The van der Waals surface area contributed by atoms with Crippen LogP contribution in [0.15, 0.2) is 0 Å². The third kappa shape index (κ3) is 10.5. The molecule has 0 radical (unpaired) electrons. The van der Waals surface area contributed by atoms with Gasteiger partial charge in [-0.25, -0.2) is 0 Å². The zero-order valence-electron chi connectivity index (χ0n) is 12.0. The van der Waals surface area contributed by atoms with E-state index in [2.05, 4.69) is 12.2 Å². The van der Waals surface area contributed by atoms with E-state index in [1.165, 1.54) is 12.8 Å². The van der Waals surface area contributed by atoms with Gasteiger partial charge in [0.25, 0.3) is 0 Å². The smallest absolute Gasteiger partial charge is 0.220 e. The topological polar surface area (TPSA) is 64.4 Å². The number of methoxy groups -OCH3 is 1. The van der Waals surface area contributed by atoms with Gasteiger partial charge in [-0.2, -0.15) is 0 Å². The number of unbranched alkanes of at least 4 members (excludes halogenated alkanes) is 1. The molecule has 0 aromatic heterocycles. The Morgan fingerprint density at radius 2 is 2.06 bits per heavy atom. The number of nitrogens with one attached hydrogen (secondary N) is 1. The third-order valence-corrected chi connectivity index (χ3v) is 3.15. The van der Waals surface area contributed by atoms with Crippen LogP contribution in [0.1, 0.15) is 51.9 Å². The summed E-state index contributed by atoms with van der Waals surface area (Å²) in [5.74, 6) is 0.782.